The van der Waals surface area contributed by atoms with E-state index >= 15 is 0 Å². The molecule has 1 fully saturated rings. The second-order valence-corrected chi connectivity index (χ2v) is 2.52. The predicted octanol–water partition coefficient (Wildman–Crippen LogP) is 0.659. The van der Waals surface area contributed by atoms with E-state index in [1.54, 1.807) is 14.2 Å². The Morgan fingerprint density at radius 2 is 1.60 bits per heavy atom. The molecule has 0 bridgehead atoms. The Hall–Kier alpha value is -0.120. The molecule has 0 N–H and O–H groups in total. The number of rotatable bonds is 3. The van der Waals surface area contributed by atoms with Crippen LogP contribution in [0.2, 0.25) is 0 Å². The molecular weight excluding hydrogens is 130 g/mol. The lowest BCUT2D eigenvalue weighted by atomic mass is 10.4. The zero-order valence-corrected chi connectivity index (χ0v) is 6.67. The summed E-state index contributed by atoms with van der Waals surface area (Å²) in [6.07, 6.45) is 2.41. The van der Waals surface area contributed by atoms with Crippen LogP contribution in [0, 0.1) is 0 Å². The van der Waals surface area contributed by atoms with Crippen LogP contribution in [-0.2, 0) is 9.47 Å². The van der Waals surface area contributed by atoms with Crippen LogP contribution in [0.15, 0.2) is 0 Å². The third-order valence-corrected chi connectivity index (χ3v) is 1.84. The number of likely N-dealkylation sites (tertiary alicyclic amines) is 1. The summed E-state index contributed by atoms with van der Waals surface area (Å²) in [5.74, 6) is 0. The van der Waals surface area contributed by atoms with Gasteiger partial charge in [0.1, 0.15) is 0 Å². The van der Waals surface area contributed by atoms with Crippen molar-refractivity contribution in [3.05, 3.63) is 0 Å². The zero-order chi connectivity index (χ0) is 7.40. The van der Waals surface area contributed by atoms with E-state index in [2.05, 4.69) is 4.90 Å². The van der Waals surface area contributed by atoms with Gasteiger partial charge in [-0.15, -0.1) is 0 Å². The fourth-order valence-electron chi connectivity index (χ4n) is 1.35. The first-order chi connectivity index (χ1) is 4.88. The highest BCUT2D eigenvalue weighted by atomic mass is 16.7. The zero-order valence-electron chi connectivity index (χ0n) is 6.67. The van der Waals surface area contributed by atoms with Crippen molar-refractivity contribution >= 4 is 0 Å². The van der Waals surface area contributed by atoms with Crippen molar-refractivity contribution < 1.29 is 9.47 Å². The third kappa shape index (κ3) is 1.68. The van der Waals surface area contributed by atoms with Crippen molar-refractivity contribution in [2.24, 2.45) is 0 Å². The van der Waals surface area contributed by atoms with Gasteiger partial charge in [0.2, 0.25) is 6.41 Å². The topological polar surface area (TPSA) is 21.7 Å². The maximum atomic E-state index is 5.09. The van der Waals surface area contributed by atoms with E-state index in [4.69, 9.17) is 9.47 Å². The molecular formula is C7H15NO2. The first-order valence-electron chi connectivity index (χ1n) is 3.68. The smallest absolute Gasteiger partial charge is 0.218 e. The summed E-state index contributed by atoms with van der Waals surface area (Å²) in [5, 5.41) is 0. The minimum Gasteiger partial charge on any atom is -0.343 e. The summed E-state index contributed by atoms with van der Waals surface area (Å²) in [7, 11) is 3.35. The number of methoxy groups -OCH3 is 2. The van der Waals surface area contributed by atoms with Gasteiger partial charge in [-0.3, -0.25) is 4.90 Å². The molecule has 1 aliphatic heterocycles. The lowest BCUT2D eigenvalue weighted by Gasteiger charge is -2.23. The molecule has 1 aliphatic rings. The number of nitrogens with zero attached hydrogens (tertiary/aromatic N) is 1. The largest absolute Gasteiger partial charge is 0.343 e. The normalized spacial score (nSPS) is 20.7. The summed E-state index contributed by atoms with van der Waals surface area (Å²) < 4.78 is 10.2. The van der Waals surface area contributed by atoms with E-state index in [-0.39, 0.29) is 6.41 Å². The van der Waals surface area contributed by atoms with Gasteiger partial charge < -0.3 is 9.47 Å². The molecule has 0 aromatic carbocycles. The maximum absolute atomic E-state index is 5.09. The SMILES string of the molecule is COC(OC)N1CCCC1. The van der Waals surface area contributed by atoms with E-state index < -0.39 is 0 Å². The summed E-state index contributed by atoms with van der Waals surface area (Å²) in [6.45, 7) is 2.21. The average Bonchev–Trinajstić information content (AvgIpc) is 2.43. The van der Waals surface area contributed by atoms with Gasteiger partial charge in [-0.05, 0) is 12.8 Å². The van der Waals surface area contributed by atoms with Gasteiger partial charge in [0.25, 0.3) is 0 Å². The van der Waals surface area contributed by atoms with Gasteiger partial charge in [0.15, 0.2) is 0 Å². The molecule has 60 valence electrons. The molecule has 3 nitrogen and oxygen atoms in total. The highest BCUT2D eigenvalue weighted by Crippen LogP contribution is 2.11. The predicted molar refractivity (Wildman–Crippen MR) is 38.6 cm³/mol. The number of hydrogen-bond acceptors (Lipinski definition) is 3. The van der Waals surface area contributed by atoms with Gasteiger partial charge in [-0.25, -0.2) is 0 Å². The van der Waals surface area contributed by atoms with Crippen molar-refractivity contribution in [1.29, 1.82) is 0 Å². The number of ether oxygens (including phenoxy) is 2. The molecule has 0 atom stereocenters. The summed E-state index contributed by atoms with van der Waals surface area (Å²) in [4.78, 5) is 2.19. The molecule has 0 radical (unpaired) electrons. The van der Waals surface area contributed by atoms with Gasteiger partial charge in [-0.2, -0.15) is 0 Å². The molecule has 3 heteroatoms. The molecule has 0 aliphatic carbocycles. The molecule has 0 aromatic heterocycles. The van der Waals surface area contributed by atoms with Crippen LogP contribution < -0.4 is 0 Å². The first-order valence-corrected chi connectivity index (χ1v) is 3.68. The Balaban J connectivity index is 2.29. The van der Waals surface area contributed by atoms with Crippen LogP contribution in [0.3, 0.4) is 0 Å². The van der Waals surface area contributed by atoms with Crippen molar-refractivity contribution in [2.75, 3.05) is 27.3 Å². The Bertz CT molecular complexity index is 87.6. The maximum Gasteiger partial charge on any atom is 0.218 e. The van der Waals surface area contributed by atoms with Crippen LogP contribution in [0.25, 0.3) is 0 Å². The Morgan fingerprint density at radius 1 is 1.10 bits per heavy atom. The third-order valence-electron chi connectivity index (χ3n) is 1.84. The van der Waals surface area contributed by atoms with Gasteiger partial charge in [-0.1, -0.05) is 0 Å². The van der Waals surface area contributed by atoms with Crippen LogP contribution in [0.4, 0.5) is 0 Å². The van der Waals surface area contributed by atoms with Crippen LogP contribution in [-0.4, -0.2) is 38.6 Å². The molecule has 1 heterocycles. The minimum atomic E-state index is -0.123. The van der Waals surface area contributed by atoms with Crippen molar-refractivity contribution in [3.63, 3.8) is 0 Å². The van der Waals surface area contributed by atoms with Gasteiger partial charge in [0, 0.05) is 27.3 Å². The van der Waals surface area contributed by atoms with E-state index in [1.165, 1.54) is 12.8 Å². The molecule has 1 saturated heterocycles. The fourth-order valence-corrected chi connectivity index (χ4v) is 1.35. The quantitative estimate of drug-likeness (QED) is 0.544. The summed E-state index contributed by atoms with van der Waals surface area (Å²) in [6, 6.07) is 0. The Kier molecular flexibility index (Phi) is 3.12. The molecule has 0 unspecified atom stereocenters. The Morgan fingerprint density at radius 3 is 2.00 bits per heavy atom. The molecule has 1 rings (SSSR count). The second kappa shape index (κ2) is 3.91. The highest BCUT2D eigenvalue weighted by Gasteiger charge is 2.20. The molecule has 0 amide bonds. The van der Waals surface area contributed by atoms with E-state index in [0.717, 1.165) is 13.1 Å². The van der Waals surface area contributed by atoms with Crippen molar-refractivity contribution in [3.8, 4) is 0 Å². The lowest BCUT2D eigenvalue weighted by Crippen LogP contribution is -2.35. The average molecular weight is 145 g/mol. The van der Waals surface area contributed by atoms with E-state index in [9.17, 15) is 0 Å². The van der Waals surface area contributed by atoms with E-state index in [0.29, 0.717) is 0 Å². The van der Waals surface area contributed by atoms with Gasteiger partial charge in [0.05, 0.1) is 0 Å². The summed E-state index contributed by atoms with van der Waals surface area (Å²) in [5.41, 5.74) is 0. The Labute approximate surface area is 61.9 Å². The highest BCUT2D eigenvalue weighted by molar-refractivity contribution is 4.64. The van der Waals surface area contributed by atoms with E-state index in [1.807, 2.05) is 0 Å². The molecule has 0 aromatic rings. The molecule has 10 heavy (non-hydrogen) atoms. The van der Waals surface area contributed by atoms with Crippen molar-refractivity contribution in [2.45, 2.75) is 19.3 Å². The first kappa shape index (κ1) is 7.98. The molecule has 0 spiro atoms. The van der Waals surface area contributed by atoms with Gasteiger partial charge >= 0.3 is 0 Å². The standard InChI is InChI=1S/C7H15NO2/c1-9-7(10-2)8-5-3-4-6-8/h7H,3-6H2,1-2H3. The monoisotopic (exact) mass is 145 g/mol. The fraction of sp³-hybridized carbons (Fsp3) is 1.00. The summed E-state index contributed by atoms with van der Waals surface area (Å²) >= 11 is 0. The van der Waals surface area contributed by atoms with Crippen LogP contribution >= 0.6 is 0 Å². The van der Waals surface area contributed by atoms with Crippen LogP contribution in [0.5, 0.6) is 0 Å². The molecule has 0 saturated carbocycles. The second-order valence-electron chi connectivity index (χ2n) is 2.52. The van der Waals surface area contributed by atoms with Crippen molar-refractivity contribution in [1.82, 2.24) is 4.90 Å². The lowest BCUT2D eigenvalue weighted by molar-refractivity contribution is -0.189. The van der Waals surface area contributed by atoms with Crippen LogP contribution in [0.1, 0.15) is 12.8 Å². The number of hydrogen-bond donors (Lipinski definition) is 0. The minimum absolute atomic E-state index is 0.123.